The van der Waals surface area contributed by atoms with E-state index in [2.05, 4.69) is 0 Å². The fourth-order valence-corrected chi connectivity index (χ4v) is 9.99. The zero-order valence-corrected chi connectivity index (χ0v) is 25.1. The Morgan fingerprint density at radius 1 is 0.744 bits per heavy atom. The standard InChI is InChI=1S/C30H43F9O4/c1-5-24(4,17-23(2,3)28(33,30(37,38)39)43-22-9-7-11-41-22)25-15-18-12-19(16-25)14-20(13-18)26(25,27(31,32)29(34,35)36)42-21-8-6-10-40-21/h18-22H,5-17H2,1-4H3. The topological polar surface area (TPSA) is 36.9 Å². The van der Waals surface area contributed by atoms with E-state index >= 15 is 13.2 Å². The number of halogens is 9. The van der Waals surface area contributed by atoms with Gasteiger partial charge in [-0.2, -0.15) is 35.1 Å². The zero-order chi connectivity index (χ0) is 31.9. The molecule has 250 valence electrons. The highest BCUT2D eigenvalue weighted by Gasteiger charge is 2.85. The molecular weight excluding hydrogens is 595 g/mol. The minimum absolute atomic E-state index is 0.0357. The van der Waals surface area contributed by atoms with E-state index in [0.29, 0.717) is 19.3 Å². The van der Waals surface area contributed by atoms with E-state index in [1.165, 1.54) is 6.92 Å². The summed E-state index contributed by atoms with van der Waals surface area (Å²) in [5.41, 5.74) is -9.09. The zero-order valence-electron chi connectivity index (χ0n) is 25.1. The molecule has 6 fully saturated rings. The molecule has 0 aromatic heterocycles. The molecular formula is C30H43F9O4. The van der Waals surface area contributed by atoms with E-state index in [1.54, 1.807) is 6.92 Å². The third-order valence-electron chi connectivity index (χ3n) is 11.7. The van der Waals surface area contributed by atoms with E-state index in [4.69, 9.17) is 18.9 Å². The van der Waals surface area contributed by atoms with Gasteiger partial charge in [0.05, 0.1) is 0 Å². The van der Waals surface area contributed by atoms with Crippen LogP contribution < -0.4 is 0 Å². The third-order valence-corrected chi connectivity index (χ3v) is 11.7. The first-order valence-corrected chi connectivity index (χ1v) is 15.5. The first-order valence-electron chi connectivity index (χ1n) is 15.5. The Balaban J connectivity index is 1.67. The van der Waals surface area contributed by atoms with Crippen LogP contribution >= 0.6 is 0 Å². The van der Waals surface area contributed by atoms with Gasteiger partial charge < -0.3 is 18.9 Å². The number of rotatable bonds is 10. The number of hydrogen-bond acceptors (Lipinski definition) is 4. The van der Waals surface area contributed by atoms with Gasteiger partial charge in [-0.3, -0.25) is 0 Å². The average Bonchev–Trinajstić information content (AvgIpc) is 3.58. The lowest BCUT2D eigenvalue weighted by Gasteiger charge is -2.73. The first-order chi connectivity index (χ1) is 19.7. The van der Waals surface area contributed by atoms with Crippen LogP contribution in [-0.2, 0) is 18.9 Å². The van der Waals surface area contributed by atoms with Crippen LogP contribution in [0.5, 0.6) is 0 Å². The average molecular weight is 639 g/mol. The maximum absolute atomic E-state index is 16.5. The summed E-state index contributed by atoms with van der Waals surface area (Å²) in [5.74, 6) is -11.2. The van der Waals surface area contributed by atoms with Crippen LogP contribution in [-0.4, -0.2) is 55.5 Å². The fraction of sp³-hybridized carbons (Fsp3) is 1.00. The van der Waals surface area contributed by atoms with Crippen molar-refractivity contribution in [2.24, 2.45) is 34.0 Å². The molecule has 43 heavy (non-hydrogen) atoms. The smallest absolute Gasteiger partial charge is 0.353 e. The molecule has 4 bridgehead atoms. The Labute approximate surface area is 246 Å². The van der Waals surface area contributed by atoms with Gasteiger partial charge in [-0.25, -0.2) is 4.39 Å². The van der Waals surface area contributed by atoms with Gasteiger partial charge in [0.15, 0.2) is 18.2 Å². The van der Waals surface area contributed by atoms with E-state index in [-0.39, 0.29) is 70.0 Å². The van der Waals surface area contributed by atoms with Crippen molar-refractivity contribution in [1.29, 1.82) is 0 Å². The fourth-order valence-electron chi connectivity index (χ4n) is 9.99. The maximum Gasteiger partial charge on any atom is 0.456 e. The molecule has 0 N–H and O–H groups in total. The molecule has 0 radical (unpaired) electrons. The van der Waals surface area contributed by atoms with Crippen LogP contribution in [0.2, 0.25) is 0 Å². The van der Waals surface area contributed by atoms with Crippen molar-refractivity contribution in [3.05, 3.63) is 0 Å². The molecule has 6 aliphatic rings. The van der Waals surface area contributed by atoms with Crippen molar-refractivity contribution in [2.75, 3.05) is 13.2 Å². The Kier molecular flexibility index (Phi) is 8.29. The van der Waals surface area contributed by atoms with Gasteiger partial charge in [0.2, 0.25) is 0 Å². The van der Waals surface area contributed by atoms with Gasteiger partial charge >= 0.3 is 24.1 Å². The van der Waals surface area contributed by atoms with Crippen LogP contribution in [0.1, 0.15) is 98.3 Å². The Hall–Kier alpha value is -0.790. The van der Waals surface area contributed by atoms with Gasteiger partial charge in [-0.05, 0) is 74.5 Å². The van der Waals surface area contributed by atoms with Crippen LogP contribution in [0.25, 0.3) is 0 Å². The second-order valence-electron chi connectivity index (χ2n) is 14.6. The van der Waals surface area contributed by atoms with Gasteiger partial charge in [-0.1, -0.05) is 34.1 Å². The van der Waals surface area contributed by atoms with Crippen molar-refractivity contribution in [3.63, 3.8) is 0 Å². The summed E-state index contributed by atoms with van der Waals surface area (Å²) < 4.78 is 159. The summed E-state index contributed by atoms with van der Waals surface area (Å²) in [6.07, 6.45) is -13.5. The molecule has 0 amide bonds. The molecule has 0 aromatic rings. The largest absolute Gasteiger partial charge is 0.456 e. The van der Waals surface area contributed by atoms with E-state index in [0.717, 1.165) is 13.8 Å². The van der Waals surface area contributed by atoms with Gasteiger partial charge in [-0.15, -0.1) is 0 Å². The highest BCUT2D eigenvalue weighted by atomic mass is 19.4. The normalized spacial score (nSPS) is 39.7. The molecule has 0 spiro atoms. The molecule has 13 heteroatoms. The summed E-state index contributed by atoms with van der Waals surface area (Å²) >= 11 is 0. The maximum atomic E-state index is 16.5. The van der Waals surface area contributed by atoms with E-state index in [1.807, 2.05) is 0 Å². The summed E-state index contributed by atoms with van der Waals surface area (Å²) in [6, 6.07) is 0. The molecule has 2 heterocycles. The van der Waals surface area contributed by atoms with Crippen LogP contribution in [0.3, 0.4) is 0 Å². The minimum atomic E-state index is -6.00. The molecule has 4 aliphatic carbocycles. The van der Waals surface area contributed by atoms with Crippen molar-refractivity contribution in [3.8, 4) is 0 Å². The molecule has 2 aliphatic heterocycles. The first kappa shape index (κ1) is 33.6. The quantitative estimate of drug-likeness (QED) is 0.224. The summed E-state index contributed by atoms with van der Waals surface area (Å²) in [5, 5.41) is 0. The van der Waals surface area contributed by atoms with Crippen molar-refractivity contribution < 1.29 is 58.5 Å². The molecule has 4 saturated carbocycles. The van der Waals surface area contributed by atoms with Crippen molar-refractivity contribution >= 4 is 0 Å². The minimum Gasteiger partial charge on any atom is -0.353 e. The predicted octanol–water partition coefficient (Wildman–Crippen LogP) is 9.12. The highest BCUT2D eigenvalue weighted by Crippen LogP contribution is 2.78. The predicted molar refractivity (Wildman–Crippen MR) is 137 cm³/mol. The van der Waals surface area contributed by atoms with Crippen molar-refractivity contribution in [1.82, 2.24) is 0 Å². The lowest BCUT2D eigenvalue weighted by molar-refractivity contribution is -0.446. The van der Waals surface area contributed by atoms with E-state index < -0.39 is 70.9 Å². The molecule has 6 rings (SSSR count). The number of alkyl halides is 9. The summed E-state index contributed by atoms with van der Waals surface area (Å²) in [7, 11) is 0. The van der Waals surface area contributed by atoms with Gasteiger partial charge in [0.1, 0.15) is 0 Å². The lowest BCUT2D eigenvalue weighted by atomic mass is 9.34. The molecule has 7 atom stereocenters. The molecule has 0 aromatic carbocycles. The second kappa shape index (κ2) is 10.6. The Bertz CT molecular complexity index is 1010. The summed E-state index contributed by atoms with van der Waals surface area (Å²) in [4.78, 5) is 0. The second-order valence-corrected chi connectivity index (χ2v) is 14.6. The molecule has 2 saturated heterocycles. The van der Waals surface area contributed by atoms with Crippen LogP contribution in [0.15, 0.2) is 0 Å². The molecule has 7 unspecified atom stereocenters. The van der Waals surface area contributed by atoms with Crippen LogP contribution in [0.4, 0.5) is 39.5 Å². The van der Waals surface area contributed by atoms with Gasteiger partial charge in [0.25, 0.3) is 0 Å². The SMILES string of the molecule is CCC(C)(CC(C)(C)C(F)(OC1CCCO1)C(F)(F)F)C12CC3CC(CC(C3)C1(OC1CCCO1)C(F)(F)C(F)(F)F)C2. The Morgan fingerprint density at radius 2 is 1.28 bits per heavy atom. The number of hydrogen-bond donors (Lipinski definition) is 0. The van der Waals surface area contributed by atoms with Gasteiger partial charge in [0, 0.05) is 36.9 Å². The van der Waals surface area contributed by atoms with E-state index in [9.17, 15) is 26.3 Å². The monoisotopic (exact) mass is 638 g/mol. The highest BCUT2D eigenvalue weighted by molar-refractivity contribution is 5.26. The molecule has 4 nitrogen and oxygen atoms in total. The Morgan fingerprint density at radius 3 is 1.72 bits per heavy atom. The third kappa shape index (κ3) is 4.86. The summed E-state index contributed by atoms with van der Waals surface area (Å²) in [6.45, 7) is 5.25. The number of ether oxygens (including phenoxy) is 4. The van der Waals surface area contributed by atoms with Crippen molar-refractivity contribution in [2.45, 2.75) is 141 Å². The lowest BCUT2D eigenvalue weighted by Crippen LogP contribution is -2.79. The van der Waals surface area contributed by atoms with Crippen LogP contribution in [0, 0.1) is 34.0 Å².